The molecular weight excluding hydrogens is 379 g/mol. The number of carbonyl (C=O) groups excluding carboxylic acids is 1. The topological polar surface area (TPSA) is 88.2 Å². The normalized spacial score (nSPS) is 13.5. The summed E-state index contributed by atoms with van der Waals surface area (Å²) in [7, 11) is -4.55. The van der Waals surface area contributed by atoms with Gasteiger partial charge in [0.2, 0.25) is 15.9 Å². The van der Waals surface area contributed by atoms with Crippen molar-refractivity contribution >= 4 is 32.4 Å². The van der Waals surface area contributed by atoms with Crippen LogP contribution in [-0.2, 0) is 21.0 Å². The number of carbonyl (C=O) groups is 1. The molecule has 1 atom stereocenters. The van der Waals surface area contributed by atoms with Gasteiger partial charge in [0, 0.05) is 11.1 Å². The maximum Gasteiger partial charge on any atom is 0.417 e. The lowest BCUT2D eigenvalue weighted by molar-refractivity contribution is -0.139. The van der Waals surface area contributed by atoms with E-state index in [1.165, 1.54) is 30.5 Å². The third-order valence-electron chi connectivity index (χ3n) is 3.06. The fourth-order valence-electron chi connectivity index (χ4n) is 1.91. The van der Waals surface area contributed by atoms with Gasteiger partial charge in [0.15, 0.2) is 5.13 Å². The number of thiazole rings is 1. The number of benzene rings is 1. The Bertz CT molecular complexity index is 879. The molecule has 2 rings (SSSR count). The number of alkyl halides is 3. The molecule has 2 N–H and O–H groups in total. The molecule has 0 aliphatic heterocycles. The third-order valence-corrected chi connectivity index (χ3v) is 5.49. The summed E-state index contributed by atoms with van der Waals surface area (Å²) >= 11 is 1.18. The number of nitrogens with zero attached hydrogens (tertiary/aromatic N) is 1. The first-order valence-electron chi connectivity index (χ1n) is 6.92. The van der Waals surface area contributed by atoms with Crippen LogP contribution in [0, 0.1) is 6.92 Å². The Labute approximate surface area is 146 Å². The number of rotatable bonds is 5. The first kappa shape index (κ1) is 19.3. The average molecular weight is 393 g/mol. The van der Waals surface area contributed by atoms with E-state index < -0.39 is 38.6 Å². The minimum atomic E-state index is -4.84. The highest BCUT2D eigenvalue weighted by Gasteiger charge is 2.37. The molecule has 1 aromatic heterocycles. The lowest BCUT2D eigenvalue weighted by Gasteiger charge is -2.16. The number of amides is 1. The van der Waals surface area contributed by atoms with Crippen LogP contribution in [0.2, 0.25) is 0 Å². The minimum Gasteiger partial charge on any atom is -0.301 e. The molecule has 11 heteroatoms. The summed E-state index contributed by atoms with van der Waals surface area (Å²) in [5.74, 6) is -0.734. The van der Waals surface area contributed by atoms with E-state index in [2.05, 4.69) is 10.3 Å². The molecule has 25 heavy (non-hydrogen) atoms. The van der Waals surface area contributed by atoms with Crippen molar-refractivity contribution in [3.63, 3.8) is 0 Å². The Balaban J connectivity index is 2.20. The van der Waals surface area contributed by atoms with Crippen LogP contribution in [0.25, 0.3) is 0 Å². The smallest absolute Gasteiger partial charge is 0.301 e. The highest BCUT2D eigenvalue weighted by molar-refractivity contribution is 7.89. The molecule has 0 saturated carbocycles. The lowest BCUT2D eigenvalue weighted by atomic mass is 10.2. The second-order valence-electron chi connectivity index (χ2n) is 5.10. The molecular formula is C14H14F3N3O3S2. The molecule has 0 radical (unpaired) electrons. The Morgan fingerprint density at radius 1 is 1.28 bits per heavy atom. The molecule has 6 nitrogen and oxygen atoms in total. The molecule has 2 aromatic rings. The van der Waals surface area contributed by atoms with Crippen molar-refractivity contribution in [1.29, 1.82) is 0 Å². The number of halogens is 3. The second kappa shape index (κ2) is 7.10. The monoisotopic (exact) mass is 393 g/mol. The Morgan fingerprint density at radius 3 is 2.48 bits per heavy atom. The summed E-state index contributed by atoms with van der Waals surface area (Å²) in [5.41, 5.74) is -1.30. The predicted octanol–water partition coefficient (Wildman–Crippen LogP) is 2.78. The van der Waals surface area contributed by atoms with Gasteiger partial charge in [-0.1, -0.05) is 12.1 Å². The average Bonchev–Trinajstić information content (AvgIpc) is 2.91. The van der Waals surface area contributed by atoms with Gasteiger partial charge in [-0.25, -0.2) is 13.4 Å². The fraction of sp³-hybridized carbons (Fsp3) is 0.286. The van der Waals surface area contributed by atoms with E-state index in [1.54, 1.807) is 6.92 Å². The van der Waals surface area contributed by atoms with Crippen LogP contribution in [0.1, 0.15) is 17.4 Å². The van der Waals surface area contributed by atoms with Crippen molar-refractivity contribution < 1.29 is 26.4 Å². The van der Waals surface area contributed by atoms with Crippen LogP contribution in [0.4, 0.5) is 18.3 Å². The molecule has 0 saturated heterocycles. The zero-order valence-corrected chi connectivity index (χ0v) is 14.7. The van der Waals surface area contributed by atoms with Gasteiger partial charge >= 0.3 is 6.18 Å². The van der Waals surface area contributed by atoms with Gasteiger partial charge in [-0.15, -0.1) is 11.3 Å². The molecule has 0 bridgehead atoms. The minimum absolute atomic E-state index is 0.268. The number of aryl methyl sites for hydroxylation is 1. The van der Waals surface area contributed by atoms with Crippen LogP contribution in [0.15, 0.2) is 35.4 Å². The maximum atomic E-state index is 13.0. The highest BCUT2D eigenvalue weighted by Crippen LogP contribution is 2.33. The number of sulfonamides is 1. The van der Waals surface area contributed by atoms with E-state index in [0.29, 0.717) is 6.07 Å². The van der Waals surface area contributed by atoms with Gasteiger partial charge in [-0.05, 0) is 26.0 Å². The zero-order valence-electron chi connectivity index (χ0n) is 13.1. The van der Waals surface area contributed by atoms with Gasteiger partial charge in [0.25, 0.3) is 0 Å². The molecule has 136 valence electrons. The van der Waals surface area contributed by atoms with E-state index in [0.717, 1.165) is 17.0 Å². The SMILES string of the molecule is Cc1cnc(NC(=O)[C@H](C)NS(=O)(=O)c2ccccc2C(F)(F)F)s1. The van der Waals surface area contributed by atoms with Crippen molar-refractivity contribution in [2.24, 2.45) is 0 Å². The molecule has 0 fully saturated rings. The molecule has 0 aliphatic rings. The van der Waals surface area contributed by atoms with Crippen molar-refractivity contribution in [2.75, 3.05) is 5.32 Å². The van der Waals surface area contributed by atoms with Crippen LogP contribution < -0.4 is 10.0 Å². The van der Waals surface area contributed by atoms with Crippen molar-refractivity contribution in [3.05, 3.63) is 40.9 Å². The first-order valence-corrected chi connectivity index (χ1v) is 9.22. The number of nitrogens with one attached hydrogen (secondary N) is 2. The Kier molecular flexibility index (Phi) is 5.49. The van der Waals surface area contributed by atoms with Gasteiger partial charge in [-0.2, -0.15) is 17.9 Å². The van der Waals surface area contributed by atoms with Crippen LogP contribution in [-0.4, -0.2) is 25.4 Å². The van der Waals surface area contributed by atoms with Crippen molar-refractivity contribution in [3.8, 4) is 0 Å². The quantitative estimate of drug-likeness (QED) is 0.818. The number of anilines is 1. The highest BCUT2D eigenvalue weighted by atomic mass is 32.2. The summed E-state index contributed by atoms with van der Waals surface area (Å²) in [6, 6.07) is 2.46. The van der Waals surface area contributed by atoms with E-state index in [1.807, 2.05) is 4.72 Å². The van der Waals surface area contributed by atoms with Crippen LogP contribution in [0.3, 0.4) is 0 Å². The fourth-order valence-corrected chi connectivity index (χ4v) is 4.01. The number of hydrogen-bond acceptors (Lipinski definition) is 5. The zero-order chi connectivity index (χ0) is 18.8. The molecule has 0 unspecified atom stereocenters. The van der Waals surface area contributed by atoms with Gasteiger partial charge < -0.3 is 5.32 Å². The van der Waals surface area contributed by atoms with Crippen molar-refractivity contribution in [1.82, 2.24) is 9.71 Å². The first-order chi connectivity index (χ1) is 11.5. The summed E-state index contributed by atoms with van der Waals surface area (Å²) in [6.45, 7) is 3.00. The summed E-state index contributed by atoms with van der Waals surface area (Å²) in [4.78, 5) is 15.8. The largest absolute Gasteiger partial charge is 0.417 e. The van der Waals surface area contributed by atoms with E-state index in [4.69, 9.17) is 0 Å². The summed E-state index contributed by atoms with van der Waals surface area (Å²) < 4.78 is 65.4. The lowest BCUT2D eigenvalue weighted by Crippen LogP contribution is -2.42. The number of aromatic nitrogens is 1. The molecule has 0 spiro atoms. The summed E-state index contributed by atoms with van der Waals surface area (Å²) in [6.07, 6.45) is -3.32. The Hall–Kier alpha value is -1.98. The Morgan fingerprint density at radius 2 is 1.92 bits per heavy atom. The predicted molar refractivity (Wildman–Crippen MR) is 86.7 cm³/mol. The molecule has 1 aromatic carbocycles. The van der Waals surface area contributed by atoms with E-state index in [-0.39, 0.29) is 5.13 Å². The molecule has 1 amide bonds. The van der Waals surface area contributed by atoms with Crippen LogP contribution in [0.5, 0.6) is 0 Å². The molecule has 1 heterocycles. The number of hydrogen-bond donors (Lipinski definition) is 2. The van der Waals surface area contributed by atoms with E-state index >= 15 is 0 Å². The summed E-state index contributed by atoms with van der Waals surface area (Å²) in [5, 5.41) is 2.67. The van der Waals surface area contributed by atoms with E-state index in [9.17, 15) is 26.4 Å². The third kappa shape index (κ3) is 4.77. The standard InChI is InChI=1S/C14H14F3N3O3S2/c1-8-7-18-13(24-8)19-12(21)9(2)20-25(22,23)11-6-4-3-5-10(11)14(15,16)17/h3-7,9,20H,1-2H3,(H,18,19,21)/t9-/m0/s1. The second-order valence-corrected chi connectivity index (χ2v) is 8.02. The van der Waals surface area contributed by atoms with Gasteiger partial charge in [0.05, 0.1) is 16.5 Å². The van der Waals surface area contributed by atoms with Crippen LogP contribution >= 0.6 is 11.3 Å². The van der Waals surface area contributed by atoms with Gasteiger partial charge in [0.1, 0.15) is 0 Å². The van der Waals surface area contributed by atoms with Crippen molar-refractivity contribution in [2.45, 2.75) is 31.0 Å². The maximum absolute atomic E-state index is 13.0. The molecule has 0 aliphatic carbocycles. The van der Waals surface area contributed by atoms with Gasteiger partial charge in [-0.3, -0.25) is 4.79 Å².